The van der Waals surface area contributed by atoms with Crippen LogP contribution in [0.15, 0.2) is 0 Å². The van der Waals surface area contributed by atoms with Gasteiger partial charge < -0.3 is 33.8 Å². The fourth-order valence-corrected chi connectivity index (χ4v) is 12.7. The van der Waals surface area contributed by atoms with Gasteiger partial charge in [0, 0.05) is 25.7 Å². The van der Waals surface area contributed by atoms with Gasteiger partial charge in [-0.1, -0.05) is 319 Å². The van der Waals surface area contributed by atoms with Gasteiger partial charge >= 0.3 is 39.5 Å². The van der Waals surface area contributed by atoms with Crippen LogP contribution in [-0.4, -0.2) is 96.7 Å². The number of ether oxygens (including phenoxy) is 4. The molecule has 93 heavy (non-hydrogen) atoms. The molecule has 552 valence electrons. The molecule has 0 spiro atoms. The normalized spacial score (nSPS) is 14.5. The van der Waals surface area contributed by atoms with E-state index in [1.807, 2.05) is 0 Å². The monoisotopic (exact) mass is 1370 g/mol. The number of aliphatic hydroxyl groups is 1. The zero-order chi connectivity index (χ0) is 68.9. The molecule has 0 aliphatic heterocycles. The molecule has 17 nitrogen and oxygen atoms in total. The predicted molar refractivity (Wildman–Crippen MR) is 377 cm³/mol. The summed E-state index contributed by atoms with van der Waals surface area (Å²) in [6.45, 7) is 14.1. The van der Waals surface area contributed by atoms with Gasteiger partial charge in [0.15, 0.2) is 12.2 Å². The summed E-state index contributed by atoms with van der Waals surface area (Å²) in [5, 5.41) is 10.6. The molecule has 0 rings (SSSR count). The van der Waals surface area contributed by atoms with E-state index in [0.29, 0.717) is 37.5 Å². The predicted octanol–water partition coefficient (Wildman–Crippen LogP) is 21.3. The maximum Gasteiger partial charge on any atom is 0.472 e. The van der Waals surface area contributed by atoms with Crippen molar-refractivity contribution in [2.75, 3.05) is 39.6 Å². The Hall–Kier alpha value is -1.94. The van der Waals surface area contributed by atoms with Crippen LogP contribution in [0.4, 0.5) is 0 Å². The maximum atomic E-state index is 13.0. The third-order valence-corrected chi connectivity index (χ3v) is 19.3. The Labute approximate surface area is 568 Å². The Balaban J connectivity index is 5.20. The van der Waals surface area contributed by atoms with Crippen LogP contribution in [-0.2, 0) is 65.4 Å². The van der Waals surface area contributed by atoms with E-state index in [0.717, 1.165) is 108 Å². The van der Waals surface area contributed by atoms with Crippen LogP contribution in [0.25, 0.3) is 0 Å². The smallest absolute Gasteiger partial charge is 0.462 e. The van der Waals surface area contributed by atoms with Crippen LogP contribution in [0.2, 0.25) is 0 Å². The summed E-state index contributed by atoms with van der Waals surface area (Å²) in [7, 11) is -9.91. The summed E-state index contributed by atoms with van der Waals surface area (Å²) in [4.78, 5) is 72.7. The molecule has 0 aliphatic carbocycles. The van der Waals surface area contributed by atoms with Gasteiger partial charge in [0.1, 0.15) is 19.3 Å². The van der Waals surface area contributed by atoms with Gasteiger partial charge in [0.25, 0.3) is 0 Å². The molecule has 0 aromatic rings. The Kier molecular flexibility index (Phi) is 62.2. The molecular formula is C74H144O17P2. The Morgan fingerprint density at radius 1 is 0.301 bits per heavy atom. The van der Waals surface area contributed by atoms with E-state index in [1.54, 1.807) is 0 Å². The van der Waals surface area contributed by atoms with E-state index in [9.17, 15) is 43.2 Å². The number of aliphatic hydroxyl groups excluding tert-OH is 1. The summed E-state index contributed by atoms with van der Waals surface area (Å²) in [6, 6.07) is 0. The van der Waals surface area contributed by atoms with E-state index in [2.05, 4.69) is 55.4 Å². The molecular weight excluding hydrogens is 1220 g/mol. The minimum Gasteiger partial charge on any atom is -0.462 e. The molecule has 0 radical (unpaired) electrons. The zero-order valence-electron chi connectivity index (χ0n) is 60.9. The third-order valence-electron chi connectivity index (χ3n) is 17.4. The fraction of sp³-hybridized carbons (Fsp3) is 0.946. The standard InChI is InChI=1S/C74H144O17P2/c1-9-67(8)53-45-37-29-21-17-12-10-11-13-19-23-31-40-48-56-73(78)90-69(61-85-72(77)55-47-39-32-24-27-35-43-51-65(4)5)62-88-92(80,81)86-58-68(75)59-87-93(82,83)89-63-70(91-74(79)57-49-41-33-25-28-36-44-52-66(6)7)60-84-71(76)54-46-38-30-22-18-15-14-16-20-26-34-42-50-64(2)3/h64-70,75H,9-63H2,1-8H3,(H,80,81)(H,82,83)/t67?,68?,69-,70-/m1/s1. The zero-order valence-corrected chi connectivity index (χ0v) is 62.7. The summed E-state index contributed by atoms with van der Waals surface area (Å²) in [5.41, 5.74) is 0. The van der Waals surface area contributed by atoms with E-state index < -0.39 is 97.5 Å². The Morgan fingerprint density at radius 2 is 0.516 bits per heavy atom. The number of esters is 4. The molecule has 19 heteroatoms. The molecule has 0 saturated heterocycles. The average molecular weight is 1370 g/mol. The second kappa shape index (κ2) is 63.5. The molecule has 0 amide bonds. The van der Waals surface area contributed by atoms with Gasteiger partial charge in [-0.3, -0.25) is 37.3 Å². The highest BCUT2D eigenvalue weighted by Crippen LogP contribution is 2.45. The SMILES string of the molecule is CCC(C)CCCCCCCCCCCCCCCCC(=O)O[C@H](COC(=O)CCCCCCCCCC(C)C)COP(=O)(O)OCC(O)COP(=O)(O)OC[C@@H](COC(=O)CCCCCCCCCCCCCCC(C)C)OC(=O)CCCCCCCCCC(C)C. The first-order valence-electron chi connectivity index (χ1n) is 38.2. The summed E-state index contributed by atoms with van der Waals surface area (Å²) in [6.07, 6.45) is 47.3. The van der Waals surface area contributed by atoms with Gasteiger partial charge in [0.2, 0.25) is 0 Å². The maximum absolute atomic E-state index is 13.0. The first-order chi connectivity index (χ1) is 44.6. The number of hydrogen-bond donors (Lipinski definition) is 3. The third kappa shape index (κ3) is 67.0. The van der Waals surface area contributed by atoms with E-state index in [4.69, 9.17) is 37.0 Å². The number of rotatable bonds is 71. The van der Waals surface area contributed by atoms with Gasteiger partial charge in [-0.25, -0.2) is 9.13 Å². The summed E-state index contributed by atoms with van der Waals surface area (Å²) in [5.74, 6) is 0.902. The van der Waals surface area contributed by atoms with Crippen molar-refractivity contribution >= 4 is 39.5 Å². The first-order valence-corrected chi connectivity index (χ1v) is 41.2. The molecule has 6 atom stereocenters. The van der Waals surface area contributed by atoms with Crippen LogP contribution >= 0.6 is 15.6 Å². The first kappa shape index (κ1) is 91.1. The van der Waals surface area contributed by atoms with E-state index >= 15 is 0 Å². The minimum atomic E-state index is -4.95. The highest BCUT2D eigenvalue weighted by molar-refractivity contribution is 7.47. The van der Waals surface area contributed by atoms with Gasteiger partial charge in [-0.15, -0.1) is 0 Å². The van der Waals surface area contributed by atoms with Gasteiger partial charge in [-0.2, -0.15) is 0 Å². The van der Waals surface area contributed by atoms with Crippen LogP contribution in [0.5, 0.6) is 0 Å². The average Bonchev–Trinajstić information content (AvgIpc) is 2.85. The topological polar surface area (TPSA) is 237 Å². The number of carbonyl (C=O) groups excluding carboxylic acids is 4. The molecule has 0 saturated carbocycles. The van der Waals surface area contributed by atoms with Crippen LogP contribution < -0.4 is 0 Å². The highest BCUT2D eigenvalue weighted by atomic mass is 31.2. The van der Waals surface area contributed by atoms with E-state index in [-0.39, 0.29) is 25.7 Å². The molecule has 0 fully saturated rings. The largest absolute Gasteiger partial charge is 0.472 e. The van der Waals surface area contributed by atoms with Crippen molar-refractivity contribution in [2.24, 2.45) is 23.7 Å². The highest BCUT2D eigenvalue weighted by Gasteiger charge is 2.30. The van der Waals surface area contributed by atoms with Gasteiger partial charge in [-0.05, 0) is 49.4 Å². The minimum absolute atomic E-state index is 0.103. The number of unbranched alkanes of at least 4 members (excludes halogenated alkanes) is 36. The van der Waals surface area contributed by atoms with Crippen LogP contribution in [0, 0.1) is 23.7 Å². The fourth-order valence-electron chi connectivity index (χ4n) is 11.2. The lowest BCUT2D eigenvalue weighted by Crippen LogP contribution is -2.30. The molecule has 0 heterocycles. The molecule has 4 unspecified atom stereocenters. The lowest BCUT2D eigenvalue weighted by atomic mass is 9.99. The number of hydrogen-bond acceptors (Lipinski definition) is 15. The number of carbonyl (C=O) groups is 4. The van der Waals surface area contributed by atoms with Crippen molar-refractivity contribution in [1.82, 2.24) is 0 Å². The molecule has 0 aromatic carbocycles. The summed E-state index contributed by atoms with van der Waals surface area (Å²) >= 11 is 0. The van der Waals surface area contributed by atoms with Crippen molar-refractivity contribution in [3.63, 3.8) is 0 Å². The quantitative estimate of drug-likeness (QED) is 0.0222. The molecule has 0 bridgehead atoms. The number of phosphoric ester groups is 2. The van der Waals surface area contributed by atoms with Crippen molar-refractivity contribution < 1.29 is 80.2 Å². The Morgan fingerprint density at radius 3 is 0.763 bits per heavy atom. The second-order valence-electron chi connectivity index (χ2n) is 28.4. The van der Waals surface area contributed by atoms with Crippen molar-refractivity contribution in [1.29, 1.82) is 0 Å². The Bertz CT molecular complexity index is 1840. The van der Waals surface area contributed by atoms with Crippen LogP contribution in [0.1, 0.15) is 370 Å². The van der Waals surface area contributed by atoms with Gasteiger partial charge in [0.05, 0.1) is 26.4 Å². The number of phosphoric acid groups is 2. The molecule has 0 aliphatic rings. The summed E-state index contributed by atoms with van der Waals surface area (Å²) < 4.78 is 68.4. The molecule has 3 N–H and O–H groups in total. The van der Waals surface area contributed by atoms with Crippen molar-refractivity contribution in [2.45, 2.75) is 388 Å². The van der Waals surface area contributed by atoms with E-state index in [1.165, 1.54) is 167 Å². The van der Waals surface area contributed by atoms with Crippen LogP contribution in [0.3, 0.4) is 0 Å². The van der Waals surface area contributed by atoms with Crippen molar-refractivity contribution in [3.8, 4) is 0 Å². The lowest BCUT2D eigenvalue weighted by molar-refractivity contribution is -0.161. The molecule has 0 aromatic heterocycles. The lowest BCUT2D eigenvalue weighted by Gasteiger charge is -2.21. The second-order valence-corrected chi connectivity index (χ2v) is 31.3. The van der Waals surface area contributed by atoms with Crippen molar-refractivity contribution in [3.05, 3.63) is 0 Å².